The van der Waals surface area contributed by atoms with Crippen LogP contribution in [0.3, 0.4) is 0 Å². The molecule has 3 nitrogen and oxygen atoms in total. The quantitative estimate of drug-likeness (QED) is 0.446. The van der Waals surface area contributed by atoms with Gasteiger partial charge in [0.05, 0.1) is 6.54 Å². The lowest BCUT2D eigenvalue weighted by Gasteiger charge is -2.21. The third kappa shape index (κ3) is 0.980. The fourth-order valence-electron chi connectivity index (χ4n) is 0.646. The molecule has 1 amide bonds. The third-order valence-corrected chi connectivity index (χ3v) is 1.19. The van der Waals surface area contributed by atoms with Gasteiger partial charge in [-0.05, 0) is 0 Å². The average molecular weight is 113 g/mol. The molecule has 1 rings (SSSR count). The summed E-state index contributed by atoms with van der Waals surface area (Å²) in [6, 6.07) is 0. The summed E-state index contributed by atoms with van der Waals surface area (Å²) in [5, 5.41) is 2.93. The molecule has 1 fully saturated rings. The fourth-order valence-corrected chi connectivity index (χ4v) is 0.646. The lowest BCUT2D eigenvalue weighted by Crippen LogP contribution is -2.44. The molecule has 1 saturated heterocycles. The van der Waals surface area contributed by atoms with E-state index in [1.807, 2.05) is 0 Å². The van der Waals surface area contributed by atoms with Crippen LogP contribution in [0.5, 0.6) is 0 Å². The number of nitrogens with zero attached hydrogens (tertiary/aromatic N) is 1. The van der Waals surface area contributed by atoms with E-state index in [-0.39, 0.29) is 5.91 Å². The second-order valence-electron chi connectivity index (χ2n) is 1.83. The molecule has 0 aromatic carbocycles. The first-order chi connectivity index (χ1) is 3.80. The molecular formula is C5H9N2O. The van der Waals surface area contributed by atoms with Crippen molar-refractivity contribution in [2.75, 3.05) is 19.6 Å². The molecule has 1 N–H and O–H groups in total. The largest absolute Gasteiger partial charge is 0.339 e. The van der Waals surface area contributed by atoms with E-state index in [0.29, 0.717) is 6.54 Å². The van der Waals surface area contributed by atoms with Gasteiger partial charge in [0.15, 0.2) is 0 Å². The van der Waals surface area contributed by atoms with Crippen molar-refractivity contribution in [1.29, 1.82) is 0 Å². The number of piperazine rings is 1. The third-order valence-electron chi connectivity index (χ3n) is 1.19. The highest BCUT2D eigenvalue weighted by molar-refractivity contribution is 5.79. The summed E-state index contributed by atoms with van der Waals surface area (Å²) >= 11 is 0. The van der Waals surface area contributed by atoms with Gasteiger partial charge in [0.2, 0.25) is 5.91 Å². The Hall–Kier alpha value is -0.570. The maximum atomic E-state index is 10.6. The molecule has 0 aromatic heterocycles. The lowest BCUT2D eigenvalue weighted by atomic mass is 10.4. The molecule has 3 heteroatoms. The van der Waals surface area contributed by atoms with E-state index in [2.05, 4.69) is 12.4 Å². The van der Waals surface area contributed by atoms with Gasteiger partial charge in [0.25, 0.3) is 0 Å². The fraction of sp³-hybridized carbons (Fsp3) is 0.600. The highest BCUT2D eigenvalue weighted by atomic mass is 16.2. The van der Waals surface area contributed by atoms with Gasteiger partial charge >= 0.3 is 0 Å². The number of hydrogen-bond donors (Lipinski definition) is 1. The summed E-state index contributed by atoms with van der Waals surface area (Å²) in [7, 11) is 3.52. The molecule has 0 spiro atoms. The van der Waals surface area contributed by atoms with Gasteiger partial charge in [-0.15, -0.1) is 0 Å². The van der Waals surface area contributed by atoms with Gasteiger partial charge < -0.3 is 10.2 Å². The number of carbonyl (C=O) groups is 1. The van der Waals surface area contributed by atoms with Gasteiger partial charge in [-0.25, -0.2) is 0 Å². The minimum Gasteiger partial charge on any atom is -0.339 e. The molecule has 0 unspecified atom stereocenters. The highest BCUT2D eigenvalue weighted by Crippen LogP contribution is 1.88. The molecule has 0 saturated carbocycles. The zero-order valence-electron chi connectivity index (χ0n) is 4.68. The minimum absolute atomic E-state index is 0.0799. The minimum atomic E-state index is 0.0799. The Labute approximate surface area is 48.7 Å². The summed E-state index contributed by atoms with van der Waals surface area (Å²) < 4.78 is 0. The van der Waals surface area contributed by atoms with Crippen molar-refractivity contribution in [3.63, 3.8) is 0 Å². The molecule has 45 valence electrons. The summed E-state index contributed by atoms with van der Waals surface area (Å²) in [5.74, 6) is 0.0799. The number of hydrogen-bond acceptors (Lipinski definition) is 2. The van der Waals surface area contributed by atoms with Crippen LogP contribution in [0, 0.1) is 7.05 Å². The number of nitrogens with one attached hydrogen (secondary N) is 1. The summed E-state index contributed by atoms with van der Waals surface area (Å²) in [5.41, 5.74) is 0. The van der Waals surface area contributed by atoms with Crippen LogP contribution in [0.25, 0.3) is 0 Å². The predicted octanol–water partition coefficient (Wildman–Crippen LogP) is -0.790. The summed E-state index contributed by atoms with van der Waals surface area (Å²) in [6.07, 6.45) is 0. The van der Waals surface area contributed by atoms with Gasteiger partial charge in [0.1, 0.15) is 0 Å². The Morgan fingerprint density at radius 3 is 2.88 bits per heavy atom. The topological polar surface area (TPSA) is 32.3 Å². The second-order valence-corrected chi connectivity index (χ2v) is 1.83. The standard InChI is InChI=1S/C5H9N2O/c1-7-3-2-6-4-5(7)8/h6H,1-4H2. The Kier molecular flexibility index (Phi) is 1.48. The van der Waals surface area contributed by atoms with Crippen LogP contribution in [0.2, 0.25) is 0 Å². The molecule has 1 aliphatic heterocycles. The molecule has 0 aromatic rings. The van der Waals surface area contributed by atoms with Crippen LogP contribution in [0.15, 0.2) is 0 Å². The second kappa shape index (κ2) is 2.13. The molecule has 1 heterocycles. The van der Waals surface area contributed by atoms with Crippen molar-refractivity contribution >= 4 is 5.91 Å². The summed E-state index contributed by atoms with van der Waals surface area (Å²) in [6.45, 7) is 2.05. The normalized spacial score (nSPS) is 21.6. The van der Waals surface area contributed by atoms with Crippen LogP contribution in [-0.4, -0.2) is 30.4 Å². The molecule has 1 radical (unpaired) electrons. The van der Waals surface area contributed by atoms with E-state index >= 15 is 0 Å². The van der Waals surface area contributed by atoms with Crippen molar-refractivity contribution in [2.24, 2.45) is 0 Å². The maximum Gasteiger partial charge on any atom is 0.236 e. The molecule has 8 heavy (non-hydrogen) atoms. The first-order valence-corrected chi connectivity index (χ1v) is 2.62. The average Bonchev–Trinajstić information content (AvgIpc) is 1.77. The van der Waals surface area contributed by atoms with Crippen molar-refractivity contribution in [3.8, 4) is 0 Å². The van der Waals surface area contributed by atoms with Crippen LogP contribution >= 0.6 is 0 Å². The van der Waals surface area contributed by atoms with E-state index in [9.17, 15) is 4.79 Å². The summed E-state index contributed by atoms with van der Waals surface area (Å²) in [4.78, 5) is 12.1. The van der Waals surface area contributed by atoms with Crippen molar-refractivity contribution in [2.45, 2.75) is 0 Å². The monoisotopic (exact) mass is 113 g/mol. The Balaban J connectivity index is 2.39. The van der Waals surface area contributed by atoms with Crippen LogP contribution in [-0.2, 0) is 4.79 Å². The first-order valence-electron chi connectivity index (χ1n) is 2.62. The van der Waals surface area contributed by atoms with Gasteiger partial charge in [0, 0.05) is 20.1 Å². The smallest absolute Gasteiger partial charge is 0.236 e. The van der Waals surface area contributed by atoms with Gasteiger partial charge in [-0.3, -0.25) is 4.79 Å². The van der Waals surface area contributed by atoms with E-state index in [4.69, 9.17) is 0 Å². The Morgan fingerprint density at radius 2 is 2.50 bits per heavy atom. The maximum absolute atomic E-state index is 10.6. The van der Waals surface area contributed by atoms with Crippen LogP contribution in [0.1, 0.15) is 0 Å². The molecular weight excluding hydrogens is 104 g/mol. The zero-order valence-corrected chi connectivity index (χ0v) is 4.68. The molecule has 0 aliphatic carbocycles. The lowest BCUT2D eigenvalue weighted by molar-refractivity contribution is -0.129. The molecule has 0 atom stereocenters. The SMILES string of the molecule is [CH2]N1CCNCC1=O. The predicted molar refractivity (Wildman–Crippen MR) is 29.9 cm³/mol. The number of carbonyl (C=O) groups excluding carboxylic acids is 1. The van der Waals surface area contributed by atoms with Crippen LogP contribution in [0.4, 0.5) is 0 Å². The zero-order chi connectivity index (χ0) is 5.98. The van der Waals surface area contributed by atoms with E-state index in [1.54, 1.807) is 0 Å². The Morgan fingerprint density at radius 1 is 1.75 bits per heavy atom. The first kappa shape index (κ1) is 5.56. The van der Waals surface area contributed by atoms with Crippen molar-refractivity contribution in [3.05, 3.63) is 7.05 Å². The number of amides is 1. The van der Waals surface area contributed by atoms with Gasteiger partial charge in [-0.2, -0.15) is 0 Å². The van der Waals surface area contributed by atoms with E-state index < -0.39 is 0 Å². The van der Waals surface area contributed by atoms with Gasteiger partial charge in [-0.1, -0.05) is 0 Å². The number of rotatable bonds is 0. The Bertz CT molecular complexity index is 103. The molecule has 1 aliphatic rings. The van der Waals surface area contributed by atoms with E-state index in [1.165, 1.54) is 4.90 Å². The van der Waals surface area contributed by atoms with Crippen LogP contribution < -0.4 is 5.32 Å². The van der Waals surface area contributed by atoms with Crippen molar-refractivity contribution in [1.82, 2.24) is 10.2 Å². The highest BCUT2D eigenvalue weighted by Gasteiger charge is 2.11. The van der Waals surface area contributed by atoms with Crippen molar-refractivity contribution < 1.29 is 4.79 Å². The molecule has 0 bridgehead atoms. The van der Waals surface area contributed by atoms with E-state index in [0.717, 1.165) is 13.1 Å².